The fraction of sp³-hybridized carbons (Fsp3) is 0.111. The van der Waals surface area contributed by atoms with Crippen molar-refractivity contribution in [3.8, 4) is 17.2 Å². The third-order valence-electron chi connectivity index (χ3n) is 3.89. The van der Waals surface area contributed by atoms with Crippen LogP contribution in [0.4, 0.5) is 23.7 Å². The molecule has 0 aromatic heterocycles. The van der Waals surface area contributed by atoms with Gasteiger partial charge in [0.25, 0.3) is 11.1 Å². The Labute approximate surface area is 181 Å². The minimum absolute atomic E-state index is 0.0109. The summed E-state index contributed by atoms with van der Waals surface area (Å²) >= 11 is 6.87. The Bertz CT molecular complexity index is 1140. The van der Waals surface area contributed by atoms with Crippen molar-refractivity contribution in [3.63, 3.8) is 0 Å². The minimum atomic E-state index is -4.78. The van der Waals surface area contributed by atoms with Crippen LogP contribution in [0.15, 0.2) is 35.2 Å². The van der Waals surface area contributed by atoms with Crippen LogP contribution in [-0.4, -0.2) is 23.2 Å². The average molecular weight is 475 g/mol. The molecule has 0 saturated carbocycles. The van der Waals surface area contributed by atoms with Crippen molar-refractivity contribution in [2.24, 2.45) is 0 Å². The molecule has 2 aromatic carbocycles. The number of carbonyl (C=O) groups excluding carboxylic acids is 2. The van der Waals surface area contributed by atoms with Gasteiger partial charge in [-0.15, -0.1) is 0 Å². The number of alkyl halides is 3. The van der Waals surface area contributed by atoms with Gasteiger partial charge < -0.3 is 9.47 Å². The van der Waals surface area contributed by atoms with Crippen LogP contribution in [-0.2, 0) is 11.0 Å². The molecule has 0 bridgehead atoms. The predicted molar refractivity (Wildman–Crippen MR) is 105 cm³/mol. The Morgan fingerprint density at radius 1 is 1.19 bits per heavy atom. The maximum atomic E-state index is 12.9. The molecule has 1 N–H and O–H groups in total. The number of halogens is 4. The smallest absolute Gasteiger partial charge is 0.416 e. The molecule has 1 aliphatic rings. The average Bonchev–Trinajstić information content (AvgIpc) is 2.99. The molecule has 0 atom stereocenters. The Morgan fingerprint density at radius 2 is 1.90 bits per heavy atom. The maximum absolute atomic E-state index is 12.9. The molecule has 8 nitrogen and oxygen atoms in total. The van der Waals surface area contributed by atoms with Gasteiger partial charge in [-0.05, 0) is 47.7 Å². The van der Waals surface area contributed by atoms with Crippen molar-refractivity contribution < 1.29 is 37.2 Å². The summed E-state index contributed by atoms with van der Waals surface area (Å²) in [5.41, 5.74) is -1.78. The SMILES string of the molecule is COc1cc(C=C2SC(=O)NC2=O)cc(Cl)c1Oc1ccc(C(F)(F)F)cc1[N+](=O)[O-]. The molecule has 2 amide bonds. The van der Waals surface area contributed by atoms with Gasteiger partial charge in [0.1, 0.15) is 0 Å². The van der Waals surface area contributed by atoms with Gasteiger partial charge in [0, 0.05) is 6.07 Å². The number of methoxy groups -OCH3 is 1. The number of nitro benzene ring substituents is 1. The number of ether oxygens (including phenoxy) is 2. The van der Waals surface area contributed by atoms with Gasteiger partial charge in [-0.3, -0.25) is 25.0 Å². The molecule has 0 unspecified atom stereocenters. The predicted octanol–water partition coefficient (Wildman–Crippen LogP) is 5.39. The molecule has 1 aliphatic heterocycles. The fourth-order valence-corrected chi connectivity index (χ4v) is 3.47. The quantitative estimate of drug-likeness (QED) is 0.351. The van der Waals surface area contributed by atoms with Crippen molar-refractivity contribution in [1.29, 1.82) is 0 Å². The molecular weight excluding hydrogens is 465 g/mol. The summed E-state index contributed by atoms with van der Waals surface area (Å²) in [6.07, 6.45) is -3.41. The maximum Gasteiger partial charge on any atom is 0.416 e. The normalized spacial score (nSPS) is 15.2. The van der Waals surface area contributed by atoms with Crippen LogP contribution >= 0.6 is 23.4 Å². The topological polar surface area (TPSA) is 108 Å². The standard InChI is InChI=1S/C18H10ClF3N2O6S/c1-29-13-5-8(6-14-16(25)23-17(26)31-14)4-10(19)15(13)30-12-3-2-9(18(20,21)22)7-11(12)24(27)28/h2-7H,1H3,(H,23,25,26). The zero-order chi connectivity index (χ0) is 22.9. The van der Waals surface area contributed by atoms with E-state index in [-0.39, 0.29) is 21.4 Å². The van der Waals surface area contributed by atoms with Gasteiger partial charge in [-0.25, -0.2) is 0 Å². The van der Waals surface area contributed by atoms with Gasteiger partial charge >= 0.3 is 11.9 Å². The largest absolute Gasteiger partial charge is 0.493 e. The Balaban J connectivity index is 2.01. The first-order valence-corrected chi connectivity index (χ1v) is 9.35. The highest BCUT2D eigenvalue weighted by Crippen LogP contribution is 2.44. The van der Waals surface area contributed by atoms with Crippen LogP contribution in [0.1, 0.15) is 11.1 Å². The van der Waals surface area contributed by atoms with Gasteiger partial charge in [0.2, 0.25) is 5.75 Å². The minimum Gasteiger partial charge on any atom is -0.493 e. The van der Waals surface area contributed by atoms with Crippen LogP contribution in [0, 0.1) is 10.1 Å². The zero-order valence-electron chi connectivity index (χ0n) is 15.3. The lowest BCUT2D eigenvalue weighted by Gasteiger charge is -2.14. The van der Waals surface area contributed by atoms with E-state index in [0.29, 0.717) is 29.5 Å². The van der Waals surface area contributed by atoms with Crippen molar-refractivity contribution in [2.45, 2.75) is 6.18 Å². The van der Waals surface area contributed by atoms with Crippen LogP contribution < -0.4 is 14.8 Å². The number of rotatable bonds is 5. The number of carbonyl (C=O) groups is 2. The number of hydrogen-bond acceptors (Lipinski definition) is 7. The van der Waals surface area contributed by atoms with Crippen LogP contribution in [0.3, 0.4) is 0 Å². The van der Waals surface area contributed by atoms with E-state index in [1.807, 2.05) is 0 Å². The number of nitro groups is 1. The van der Waals surface area contributed by atoms with E-state index < -0.39 is 39.2 Å². The Morgan fingerprint density at radius 3 is 2.45 bits per heavy atom. The second-order valence-electron chi connectivity index (χ2n) is 5.93. The van der Waals surface area contributed by atoms with E-state index >= 15 is 0 Å². The molecule has 1 fully saturated rings. The number of thioether (sulfide) groups is 1. The van der Waals surface area contributed by atoms with E-state index in [1.54, 1.807) is 0 Å². The molecule has 1 saturated heterocycles. The molecular formula is C18H10ClF3N2O6S. The molecule has 3 rings (SSSR count). The molecule has 162 valence electrons. The van der Waals surface area contributed by atoms with E-state index in [0.717, 1.165) is 6.07 Å². The van der Waals surface area contributed by atoms with Crippen molar-refractivity contribution in [3.05, 3.63) is 61.5 Å². The van der Waals surface area contributed by atoms with E-state index in [2.05, 4.69) is 5.32 Å². The van der Waals surface area contributed by atoms with Crippen molar-refractivity contribution in [1.82, 2.24) is 5.32 Å². The molecule has 13 heteroatoms. The van der Waals surface area contributed by atoms with Gasteiger partial charge in [-0.2, -0.15) is 13.2 Å². The van der Waals surface area contributed by atoms with E-state index in [1.165, 1.54) is 25.3 Å². The molecule has 0 radical (unpaired) electrons. The summed E-state index contributed by atoms with van der Waals surface area (Å²) in [7, 11) is 1.25. The summed E-state index contributed by atoms with van der Waals surface area (Å²) in [6, 6.07) is 4.49. The van der Waals surface area contributed by atoms with Crippen LogP contribution in [0.5, 0.6) is 17.2 Å². The Hall–Kier alpha value is -3.25. The van der Waals surface area contributed by atoms with Crippen LogP contribution in [0.25, 0.3) is 6.08 Å². The highest BCUT2D eigenvalue weighted by atomic mass is 35.5. The highest BCUT2D eigenvalue weighted by Gasteiger charge is 2.34. The second-order valence-corrected chi connectivity index (χ2v) is 7.35. The first kappa shape index (κ1) is 22.4. The number of imide groups is 1. The van der Waals surface area contributed by atoms with E-state index in [4.69, 9.17) is 21.1 Å². The van der Waals surface area contributed by atoms with Gasteiger partial charge in [0.15, 0.2) is 11.5 Å². The number of hydrogen-bond donors (Lipinski definition) is 1. The lowest BCUT2D eigenvalue weighted by atomic mass is 10.1. The van der Waals surface area contributed by atoms with Crippen molar-refractivity contribution >= 4 is 46.3 Å². The zero-order valence-corrected chi connectivity index (χ0v) is 16.9. The second kappa shape index (κ2) is 8.47. The van der Waals surface area contributed by atoms with Gasteiger partial charge in [0.05, 0.1) is 27.5 Å². The number of nitrogens with one attached hydrogen (secondary N) is 1. The monoisotopic (exact) mass is 474 g/mol. The highest BCUT2D eigenvalue weighted by molar-refractivity contribution is 8.18. The van der Waals surface area contributed by atoms with Crippen molar-refractivity contribution in [2.75, 3.05) is 7.11 Å². The Kier molecular flexibility index (Phi) is 6.13. The van der Waals surface area contributed by atoms with E-state index in [9.17, 15) is 32.9 Å². The number of amides is 2. The third-order valence-corrected chi connectivity index (χ3v) is 4.98. The first-order valence-electron chi connectivity index (χ1n) is 8.15. The first-order chi connectivity index (χ1) is 14.5. The summed E-state index contributed by atoms with van der Waals surface area (Å²) in [5, 5.41) is 12.7. The summed E-state index contributed by atoms with van der Waals surface area (Å²) < 4.78 is 49.2. The lowest BCUT2D eigenvalue weighted by Crippen LogP contribution is -2.17. The van der Waals surface area contributed by atoms with Crippen LogP contribution in [0.2, 0.25) is 5.02 Å². The number of benzene rings is 2. The van der Waals surface area contributed by atoms with Gasteiger partial charge in [-0.1, -0.05) is 11.6 Å². The summed E-state index contributed by atoms with van der Waals surface area (Å²) in [5.74, 6) is -1.27. The third kappa shape index (κ3) is 4.91. The molecule has 2 aromatic rings. The molecule has 0 spiro atoms. The lowest BCUT2D eigenvalue weighted by molar-refractivity contribution is -0.385. The molecule has 1 heterocycles. The molecule has 31 heavy (non-hydrogen) atoms. The summed E-state index contributed by atoms with van der Waals surface area (Å²) in [6.45, 7) is 0. The number of nitrogens with zero attached hydrogens (tertiary/aromatic N) is 1. The fourth-order valence-electron chi connectivity index (χ4n) is 2.53. The molecule has 0 aliphatic carbocycles. The summed E-state index contributed by atoms with van der Waals surface area (Å²) in [4.78, 5) is 33.3.